The minimum Gasteiger partial charge on any atom is -0.456 e. The second-order valence-corrected chi connectivity index (χ2v) is 13.7. The van der Waals surface area contributed by atoms with Gasteiger partial charge in [0.2, 0.25) is 0 Å². The van der Waals surface area contributed by atoms with Crippen molar-refractivity contribution >= 4 is 49.8 Å². The standard InChI is InChI=1S/C50H31N3O/c1-4-14-32(15-5-1)43-31-44(33-16-6-2-7-17-33)52-50(51-43)42-24-13-25-46-49(42)41-27-26-35(30-47(41)54-46)53(34-18-8-3-9-19-34)45-29-28-39-37-21-11-10-20-36(37)38-22-12-23-40(45)48(38)39/h1-31H. The molecule has 0 radical (unpaired) electrons. The Morgan fingerprint density at radius 2 is 0.963 bits per heavy atom. The topological polar surface area (TPSA) is 42.2 Å². The number of nitrogens with zero attached hydrogens (tertiary/aromatic N) is 3. The third-order valence-corrected chi connectivity index (χ3v) is 10.6. The van der Waals surface area contributed by atoms with Gasteiger partial charge in [0.25, 0.3) is 0 Å². The number of fused-ring (bicyclic) bond motifs is 6. The Bertz CT molecular complexity index is 2960. The summed E-state index contributed by atoms with van der Waals surface area (Å²) < 4.78 is 6.70. The van der Waals surface area contributed by atoms with Gasteiger partial charge in [-0.25, -0.2) is 9.97 Å². The van der Waals surface area contributed by atoms with E-state index in [0.717, 1.165) is 67.1 Å². The molecule has 8 aromatic carbocycles. The molecule has 0 saturated heterocycles. The third kappa shape index (κ3) is 4.78. The van der Waals surface area contributed by atoms with Crippen LogP contribution in [-0.4, -0.2) is 9.97 Å². The number of hydrogen-bond donors (Lipinski definition) is 0. The summed E-state index contributed by atoms with van der Waals surface area (Å²) in [6, 6.07) is 65.9. The molecule has 2 aromatic heterocycles. The van der Waals surface area contributed by atoms with Crippen molar-refractivity contribution in [2.75, 3.05) is 4.90 Å². The number of furan rings is 1. The summed E-state index contributed by atoms with van der Waals surface area (Å²) in [5, 5.41) is 4.52. The summed E-state index contributed by atoms with van der Waals surface area (Å²) in [5.74, 6) is 0.660. The van der Waals surface area contributed by atoms with Crippen molar-refractivity contribution in [3.8, 4) is 56.2 Å². The maximum Gasteiger partial charge on any atom is 0.161 e. The molecule has 10 aromatic rings. The van der Waals surface area contributed by atoms with Crippen LogP contribution in [0.25, 0.3) is 88.9 Å². The molecule has 0 bridgehead atoms. The molecule has 4 nitrogen and oxygen atoms in total. The highest BCUT2D eigenvalue weighted by Gasteiger charge is 2.25. The molecule has 2 heterocycles. The number of para-hydroxylation sites is 1. The zero-order valence-electron chi connectivity index (χ0n) is 29.1. The van der Waals surface area contributed by atoms with E-state index in [4.69, 9.17) is 14.4 Å². The van der Waals surface area contributed by atoms with Gasteiger partial charge in [0.15, 0.2) is 5.82 Å². The molecule has 11 rings (SSSR count). The first-order valence-electron chi connectivity index (χ1n) is 18.2. The van der Waals surface area contributed by atoms with E-state index in [9.17, 15) is 0 Å². The van der Waals surface area contributed by atoms with Crippen LogP contribution in [0.3, 0.4) is 0 Å². The molecular weight excluding hydrogens is 659 g/mol. The van der Waals surface area contributed by atoms with Crippen LogP contribution in [0.1, 0.15) is 0 Å². The predicted molar refractivity (Wildman–Crippen MR) is 222 cm³/mol. The summed E-state index contributed by atoms with van der Waals surface area (Å²) in [4.78, 5) is 12.7. The van der Waals surface area contributed by atoms with Crippen molar-refractivity contribution in [3.05, 3.63) is 188 Å². The first-order valence-corrected chi connectivity index (χ1v) is 18.2. The van der Waals surface area contributed by atoms with E-state index in [2.05, 4.69) is 144 Å². The van der Waals surface area contributed by atoms with Gasteiger partial charge < -0.3 is 9.32 Å². The maximum absolute atomic E-state index is 6.70. The Balaban J connectivity index is 1.10. The van der Waals surface area contributed by atoms with Crippen LogP contribution in [0.15, 0.2) is 192 Å². The Kier molecular flexibility index (Phi) is 6.82. The van der Waals surface area contributed by atoms with Gasteiger partial charge in [0.05, 0.1) is 17.1 Å². The zero-order valence-corrected chi connectivity index (χ0v) is 29.1. The van der Waals surface area contributed by atoms with Crippen LogP contribution in [0.4, 0.5) is 17.1 Å². The molecule has 0 N–H and O–H groups in total. The highest BCUT2D eigenvalue weighted by molar-refractivity contribution is 6.19. The Morgan fingerprint density at radius 1 is 0.370 bits per heavy atom. The Labute approximate surface area is 312 Å². The maximum atomic E-state index is 6.70. The third-order valence-electron chi connectivity index (χ3n) is 10.6. The molecule has 1 aliphatic rings. The molecule has 54 heavy (non-hydrogen) atoms. The number of rotatable bonds is 6. The summed E-state index contributed by atoms with van der Waals surface area (Å²) in [6.07, 6.45) is 0. The lowest BCUT2D eigenvalue weighted by molar-refractivity contribution is 0.669. The molecule has 0 atom stereocenters. The average Bonchev–Trinajstić information content (AvgIpc) is 3.79. The molecule has 1 aliphatic carbocycles. The number of hydrogen-bond acceptors (Lipinski definition) is 4. The molecule has 0 fully saturated rings. The summed E-state index contributed by atoms with van der Waals surface area (Å²) in [7, 11) is 0. The van der Waals surface area contributed by atoms with Gasteiger partial charge in [-0.05, 0) is 70.1 Å². The van der Waals surface area contributed by atoms with E-state index in [1.54, 1.807) is 0 Å². The van der Waals surface area contributed by atoms with Crippen LogP contribution in [0, 0.1) is 0 Å². The van der Waals surface area contributed by atoms with Gasteiger partial charge in [-0.15, -0.1) is 0 Å². The van der Waals surface area contributed by atoms with Gasteiger partial charge in [-0.1, -0.05) is 140 Å². The molecule has 0 aliphatic heterocycles. The SMILES string of the molecule is c1ccc(-c2cc(-c3ccccc3)nc(-c3cccc4oc5cc(N(c6ccccc6)c6ccc7c8c(cccc68)-c6ccccc6-7)ccc5c34)n2)cc1. The van der Waals surface area contributed by atoms with Crippen molar-refractivity contribution in [1.82, 2.24) is 9.97 Å². The van der Waals surface area contributed by atoms with Crippen molar-refractivity contribution in [3.63, 3.8) is 0 Å². The first kappa shape index (κ1) is 30.3. The molecule has 252 valence electrons. The summed E-state index contributed by atoms with van der Waals surface area (Å²) in [5.41, 5.74) is 14.7. The van der Waals surface area contributed by atoms with Gasteiger partial charge >= 0.3 is 0 Å². The highest BCUT2D eigenvalue weighted by atomic mass is 16.3. The van der Waals surface area contributed by atoms with Gasteiger partial charge in [-0.2, -0.15) is 0 Å². The van der Waals surface area contributed by atoms with Crippen molar-refractivity contribution < 1.29 is 4.42 Å². The molecule has 0 amide bonds. The minimum absolute atomic E-state index is 0.660. The second kappa shape index (κ2) is 12.1. The lowest BCUT2D eigenvalue weighted by Gasteiger charge is -2.27. The lowest BCUT2D eigenvalue weighted by Crippen LogP contribution is -2.10. The Morgan fingerprint density at radius 3 is 1.67 bits per heavy atom. The van der Waals surface area contributed by atoms with E-state index in [0.29, 0.717) is 5.82 Å². The van der Waals surface area contributed by atoms with Gasteiger partial charge in [0.1, 0.15) is 11.2 Å². The van der Waals surface area contributed by atoms with Crippen LogP contribution in [-0.2, 0) is 0 Å². The largest absolute Gasteiger partial charge is 0.456 e. The fourth-order valence-electron chi connectivity index (χ4n) is 8.21. The van der Waals surface area contributed by atoms with E-state index in [1.807, 2.05) is 48.5 Å². The van der Waals surface area contributed by atoms with Crippen molar-refractivity contribution in [1.29, 1.82) is 0 Å². The fourth-order valence-corrected chi connectivity index (χ4v) is 8.21. The summed E-state index contributed by atoms with van der Waals surface area (Å²) in [6.45, 7) is 0. The number of aromatic nitrogens is 2. The van der Waals surface area contributed by atoms with E-state index < -0.39 is 0 Å². The van der Waals surface area contributed by atoms with Gasteiger partial charge in [-0.3, -0.25) is 0 Å². The average molecular weight is 690 g/mol. The molecule has 0 saturated carbocycles. The zero-order chi connectivity index (χ0) is 35.6. The normalized spacial score (nSPS) is 11.7. The van der Waals surface area contributed by atoms with Crippen LogP contribution in [0.2, 0.25) is 0 Å². The lowest BCUT2D eigenvalue weighted by atomic mass is 10.00. The predicted octanol–water partition coefficient (Wildman–Crippen LogP) is 13.6. The number of benzene rings is 8. The van der Waals surface area contributed by atoms with Crippen molar-refractivity contribution in [2.45, 2.75) is 0 Å². The second-order valence-electron chi connectivity index (χ2n) is 13.7. The summed E-state index contributed by atoms with van der Waals surface area (Å²) >= 11 is 0. The highest BCUT2D eigenvalue weighted by Crippen LogP contribution is 2.51. The first-order chi connectivity index (χ1) is 26.8. The monoisotopic (exact) mass is 689 g/mol. The molecule has 0 unspecified atom stereocenters. The van der Waals surface area contributed by atoms with E-state index >= 15 is 0 Å². The van der Waals surface area contributed by atoms with Crippen LogP contribution in [0.5, 0.6) is 0 Å². The number of anilines is 3. The minimum atomic E-state index is 0.660. The van der Waals surface area contributed by atoms with E-state index in [1.165, 1.54) is 33.0 Å². The van der Waals surface area contributed by atoms with Crippen LogP contribution >= 0.6 is 0 Å². The van der Waals surface area contributed by atoms with E-state index in [-0.39, 0.29) is 0 Å². The van der Waals surface area contributed by atoms with Crippen molar-refractivity contribution in [2.24, 2.45) is 0 Å². The van der Waals surface area contributed by atoms with Crippen LogP contribution < -0.4 is 4.90 Å². The molecular formula is C50H31N3O. The smallest absolute Gasteiger partial charge is 0.161 e. The molecule has 0 spiro atoms. The quantitative estimate of drug-likeness (QED) is 0.174. The Hall–Kier alpha value is -7.30. The molecule has 4 heteroatoms. The fraction of sp³-hybridized carbons (Fsp3) is 0. The van der Waals surface area contributed by atoms with Gasteiger partial charge in [0, 0.05) is 50.3 Å².